The molecule has 0 fully saturated rings. The van der Waals surface area contributed by atoms with Crippen LogP contribution in [0.1, 0.15) is 11.1 Å². The van der Waals surface area contributed by atoms with Crippen molar-refractivity contribution in [2.75, 3.05) is 0 Å². The van der Waals surface area contributed by atoms with Gasteiger partial charge >= 0.3 is 0 Å². The summed E-state index contributed by atoms with van der Waals surface area (Å²) in [7, 11) is 0. The molecule has 0 saturated heterocycles. The highest BCUT2D eigenvalue weighted by atomic mass is 32.1. The summed E-state index contributed by atoms with van der Waals surface area (Å²) in [6, 6.07) is 25.5. The van der Waals surface area contributed by atoms with E-state index in [1.807, 2.05) is 54.6 Å². The van der Waals surface area contributed by atoms with Gasteiger partial charge in [-0.2, -0.15) is 10.5 Å². The van der Waals surface area contributed by atoms with Crippen molar-refractivity contribution in [3.8, 4) is 33.8 Å². The Morgan fingerprint density at radius 3 is 2.16 bits per heavy atom. The van der Waals surface area contributed by atoms with Crippen molar-refractivity contribution in [2.24, 2.45) is 0 Å². The molecule has 4 aromatic rings. The Balaban J connectivity index is 1.85. The Bertz CT molecular complexity index is 1130. The van der Waals surface area contributed by atoms with Gasteiger partial charge in [-0.15, -0.1) is 11.3 Å². The van der Waals surface area contributed by atoms with E-state index < -0.39 is 0 Å². The molecule has 0 aliphatic carbocycles. The van der Waals surface area contributed by atoms with Gasteiger partial charge in [0.15, 0.2) is 0 Å². The van der Waals surface area contributed by atoms with E-state index in [0.717, 1.165) is 31.9 Å². The number of fused-ring (bicyclic) bond motifs is 1. The normalized spacial score (nSPS) is 10.3. The molecular weight excluding hydrogens is 326 g/mol. The summed E-state index contributed by atoms with van der Waals surface area (Å²) in [5.41, 5.74) is 5.02. The number of hydrogen-bond donors (Lipinski definition) is 0. The number of nitriles is 2. The summed E-state index contributed by atoms with van der Waals surface area (Å²) in [6.45, 7) is 0. The van der Waals surface area contributed by atoms with Gasteiger partial charge in [-0.1, -0.05) is 24.3 Å². The molecule has 0 amide bonds. The molecule has 1 heterocycles. The van der Waals surface area contributed by atoms with Crippen molar-refractivity contribution < 1.29 is 0 Å². The molecule has 0 spiro atoms. The van der Waals surface area contributed by atoms with Crippen LogP contribution in [-0.2, 0) is 0 Å². The van der Waals surface area contributed by atoms with Crippen LogP contribution in [0.25, 0.3) is 31.9 Å². The molecule has 0 aliphatic heterocycles. The lowest BCUT2D eigenvalue weighted by Gasteiger charge is -2.05. The number of rotatable bonds is 2. The summed E-state index contributed by atoms with van der Waals surface area (Å²) >= 11 is 1.62. The van der Waals surface area contributed by atoms with Crippen LogP contribution in [-0.4, -0.2) is 4.98 Å². The van der Waals surface area contributed by atoms with Gasteiger partial charge in [-0.3, -0.25) is 0 Å². The number of nitrogens with zero attached hydrogens (tertiary/aromatic N) is 3. The minimum Gasteiger partial charge on any atom is -0.236 e. The van der Waals surface area contributed by atoms with Crippen LogP contribution in [0.15, 0.2) is 66.7 Å². The third-order valence-electron chi connectivity index (χ3n) is 3.95. The van der Waals surface area contributed by atoms with Gasteiger partial charge in [-0.25, -0.2) is 4.98 Å². The molecule has 116 valence electrons. The van der Waals surface area contributed by atoms with E-state index in [2.05, 4.69) is 17.1 Å². The van der Waals surface area contributed by atoms with Crippen LogP contribution < -0.4 is 0 Å². The number of aromatic nitrogens is 1. The molecule has 3 aromatic carbocycles. The second-order valence-corrected chi connectivity index (χ2v) is 6.62. The SMILES string of the molecule is N#Cc1ccc(-c2cc(C#N)cc(-c3nc4ccccc4s3)c2)cc1. The first-order valence-corrected chi connectivity index (χ1v) is 8.50. The Labute approximate surface area is 149 Å². The second kappa shape index (κ2) is 6.20. The van der Waals surface area contributed by atoms with Crippen molar-refractivity contribution in [3.63, 3.8) is 0 Å². The maximum absolute atomic E-state index is 9.39. The van der Waals surface area contributed by atoms with Gasteiger partial charge in [0.2, 0.25) is 0 Å². The predicted molar refractivity (Wildman–Crippen MR) is 99.9 cm³/mol. The lowest BCUT2D eigenvalue weighted by Crippen LogP contribution is -1.85. The van der Waals surface area contributed by atoms with Crippen LogP contribution >= 0.6 is 11.3 Å². The average molecular weight is 337 g/mol. The van der Waals surface area contributed by atoms with Crippen LogP contribution in [0.2, 0.25) is 0 Å². The quantitative estimate of drug-likeness (QED) is 0.494. The molecule has 0 radical (unpaired) electrons. The molecule has 0 saturated carbocycles. The van der Waals surface area contributed by atoms with Crippen molar-refractivity contribution in [2.45, 2.75) is 0 Å². The van der Waals surface area contributed by atoms with Crippen molar-refractivity contribution in [1.29, 1.82) is 10.5 Å². The lowest BCUT2D eigenvalue weighted by atomic mass is 9.99. The van der Waals surface area contributed by atoms with Crippen LogP contribution in [0.4, 0.5) is 0 Å². The first kappa shape index (κ1) is 15.1. The fourth-order valence-electron chi connectivity index (χ4n) is 2.72. The van der Waals surface area contributed by atoms with Gasteiger partial charge in [-0.05, 0) is 53.6 Å². The fraction of sp³-hybridized carbons (Fsp3) is 0. The molecule has 0 aliphatic rings. The Morgan fingerprint density at radius 2 is 1.44 bits per heavy atom. The van der Waals surface area contributed by atoms with E-state index in [9.17, 15) is 5.26 Å². The molecule has 3 nitrogen and oxygen atoms in total. The zero-order chi connectivity index (χ0) is 17.2. The summed E-state index contributed by atoms with van der Waals surface area (Å²) in [4.78, 5) is 4.69. The van der Waals surface area contributed by atoms with E-state index in [4.69, 9.17) is 5.26 Å². The third kappa shape index (κ3) is 2.87. The molecule has 0 atom stereocenters. The summed E-state index contributed by atoms with van der Waals surface area (Å²) in [5.74, 6) is 0. The maximum atomic E-state index is 9.39. The Morgan fingerprint density at radius 1 is 0.720 bits per heavy atom. The topological polar surface area (TPSA) is 60.5 Å². The third-order valence-corrected chi connectivity index (χ3v) is 5.04. The monoisotopic (exact) mass is 337 g/mol. The number of para-hydroxylation sites is 1. The maximum Gasteiger partial charge on any atom is 0.124 e. The minimum absolute atomic E-state index is 0.594. The van der Waals surface area contributed by atoms with Crippen LogP contribution in [0, 0.1) is 22.7 Å². The van der Waals surface area contributed by atoms with E-state index >= 15 is 0 Å². The second-order valence-electron chi connectivity index (χ2n) is 5.59. The predicted octanol–water partition coefficient (Wildman–Crippen LogP) is 5.37. The van der Waals surface area contributed by atoms with Crippen molar-refractivity contribution >= 4 is 21.6 Å². The number of benzene rings is 3. The van der Waals surface area contributed by atoms with Gasteiger partial charge < -0.3 is 0 Å². The molecule has 4 heteroatoms. The fourth-order valence-corrected chi connectivity index (χ4v) is 3.67. The molecule has 0 N–H and O–H groups in total. The summed E-state index contributed by atoms with van der Waals surface area (Å²) in [6.07, 6.45) is 0. The van der Waals surface area contributed by atoms with E-state index in [0.29, 0.717) is 11.1 Å². The van der Waals surface area contributed by atoms with E-state index in [1.165, 1.54) is 0 Å². The van der Waals surface area contributed by atoms with Crippen molar-refractivity contribution in [3.05, 3.63) is 77.9 Å². The molecule has 0 bridgehead atoms. The van der Waals surface area contributed by atoms with Crippen LogP contribution in [0.5, 0.6) is 0 Å². The minimum atomic E-state index is 0.594. The smallest absolute Gasteiger partial charge is 0.124 e. The first-order valence-electron chi connectivity index (χ1n) is 7.68. The highest BCUT2D eigenvalue weighted by Gasteiger charge is 2.10. The zero-order valence-corrected chi connectivity index (χ0v) is 13.9. The molecule has 25 heavy (non-hydrogen) atoms. The summed E-state index contributed by atoms with van der Waals surface area (Å²) < 4.78 is 1.12. The molecular formula is C21H11N3S. The van der Waals surface area contributed by atoms with Gasteiger partial charge in [0, 0.05) is 5.56 Å². The van der Waals surface area contributed by atoms with Gasteiger partial charge in [0.1, 0.15) is 5.01 Å². The van der Waals surface area contributed by atoms with Crippen molar-refractivity contribution in [1.82, 2.24) is 4.98 Å². The highest BCUT2D eigenvalue weighted by Crippen LogP contribution is 2.33. The first-order chi connectivity index (χ1) is 12.3. The molecule has 0 unspecified atom stereocenters. The Hall–Kier alpha value is -3.47. The molecule has 1 aromatic heterocycles. The largest absolute Gasteiger partial charge is 0.236 e. The van der Waals surface area contributed by atoms with Crippen LogP contribution in [0.3, 0.4) is 0 Å². The Kier molecular flexibility index (Phi) is 3.74. The van der Waals surface area contributed by atoms with Gasteiger partial charge in [0.25, 0.3) is 0 Å². The standard InChI is InChI=1S/C21H11N3S/c22-12-14-5-7-16(8-6-14)17-9-15(13-23)10-18(11-17)21-24-19-3-1-2-4-20(19)25-21/h1-11H. The highest BCUT2D eigenvalue weighted by molar-refractivity contribution is 7.21. The summed E-state index contributed by atoms with van der Waals surface area (Å²) in [5, 5.41) is 19.2. The van der Waals surface area contributed by atoms with E-state index in [-0.39, 0.29) is 0 Å². The zero-order valence-electron chi connectivity index (χ0n) is 13.1. The van der Waals surface area contributed by atoms with Gasteiger partial charge in [0.05, 0.1) is 33.5 Å². The average Bonchev–Trinajstić information content (AvgIpc) is 3.12. The molecule has 4 rings (SSSR count). The number of hydrogen-bond acceptors (Lipinski definition) is 4. The van der Waals surface area contributed by atoms with E-state index in [1.54, 1.807) is 23.5 Å². The number of thiazole rings is 1. The lowest BCUT2D eigenvalue weighted by molar-refractivity contribution is 1.45.